The number of benzene rings is 2. The summed E-state index contributed by atoms with van der Waals surface area (Å²) in [6, 6.07) is 13.8. The first-order chi connectivity index (χ1) is 16.3. The molecule has 2 aromatic carbocycles. The second kappa shape index (κ2) is 11.7. The number of aryl methyl sites for hydroxylation is 1. The number of ether oxygens (including phenoxy) is 2. The van der Waals surface area contributed by atoms with Crippen LogP contribution in [0.1, 0.15) is 27.9 Å². The zero-order valence-electron chi connectivity index (χ0n) is 18.2. The lowest BCUT2D eigenvalue weighted by Crippen LogP contribution is -2.03. The van der Waals surface area contributed by atoms with Gasteiger partial charge >= 0.3 is 0 Å². The summed E-state index contributed by atoms with van der Waals surface area (Å²) >= 11 is 7.00. The lowest BCUT2D eigenvalue weighted by Gasteiger charge is -2.11. The number of hydrazone groups is 1. The number of pyridine rings is 1. The van der Waals surface area contributed by atoms with E-state index in [2.05, 4.69) is 53.4 Å². The fourth-order valence-electron chi connectivity index (χ4n) is 3.05. The second-order valence-electron chi connectivity index (χ2n) is 7.09. The molecule has 174 valence electrons. The van der Waals surface area contributed by atoms with Crippen LogP contribution in [0.3, 0.4) is 0 Å². The molecule has 1 aromatic heterocycles. The Kier molecular flexibility index (Phi) is 8.70. The van der Waals surface area contributed by atoms with E-state index in [4.69, 9.17) is 9.47 Å². The van der Waals surface area contributed by atoms with Crippen LogP contribution in [0, 0.1) is 28.4 Å². The number of halogens is 2. The van der Waals surface area contributed by atoms with Gasteiger partial charge in [-0.25, -0.2) is 4.98 Å². The summed E-state index contributed by atoms with van der Waals surface area (Å²) in [6.45, 7) is 2.37. The van der Waals surface area contributed by atoms with Crippen LogP contribution in [-0.2, 0) is 18.0 Å². The number of nitriles is 1. The summed E-state index contributed by atoms with van der Waals surface area (Å²) in [6.07, 6.45) is 1.59. The third-order valence-electron chi connectivity index (χ3n) is 4.58. The summed E-state index contributed by atoms with van der Waals surface area (Å²) in [5.41, 5.74) is 6.27. The van der Waals surface area contributed by atoms with E-state index in [9.17, 15) is 15.4 Å². The van der Waals surface area contributed by atoms with Crippen molar-refractivity contribution in [1.82, 2.24) is 4.98 Å². The van der Waals surface area contributed by atoms with E-state index in [1.165, 1.54) is 12.1 Å². The molecule has 0 aliphatic rings. The minimum Gasteiger partial charge on any atom is -0.487 e. The SMILES string of the molecule is COCc1cc(C)nc(NN=Cc2cc(Br)c(OCc3ccc([N+](=O)[O-])cc3)c(Br)c2)c1C#N. The molecule has 0 saturated heterocycles. The van der Waals surface area contributed by atoms with Crippen LogP contribution in [0.15, 0.2) is 56.5 Å². The van der Waals surface area contributed by atoms with Gasteiger partial charge in [0.1, 0.15) is 24.0 Å². The van der Waals surface area contributed by atoms with Crippen LogP contribution in [-0.4, -0.2) is 23.2 Å². The van der Waals surface area contributed by atoms with E-state index < -0.39 is 4.92 Å². The summed E-state index contributed by atoms with van der Waals surface area (Å²) in [7, 11) is 1.57. The molecule has 0 fully saturated rings. The molecular formula is C23H19Br2N5O4. The second-order valence-corrected chi connectivity index (χ2v) is 8.80. The highest BCUT2D eigenvalue weighted by atomic mass is 79.9. The van der Waals surface area contributed by atoms with Gasteiger partial charge in [0, 0.05) is 30.5 Å². The molecule has 9 nitrogen and oxygen atoms in total. The van der Waals surface area contributed by atoms with Gasteiger partial charge in [0.05, 0.1) is 26.7 Å². The fourth-order valence-corrected chi connectivity index (χ4v) is 4.50. The third kappa shape index (κ3) is 6.38. The molecule has 0 aliphatic carbocycles. The number of nitro benzene ring substituents is 1. The van der Waals surface area contributed by atoms with Gasteiger partial charge in [-0.05, 0) is 80.2 Å². The van der Waals surface area contributed by atoms with Crippen molar-refractivity contribution in [3.63, 3.8) is 0 Å². The van der Waals surface area contributed by atoms with E-state index >= 15 is 0 Å². The highest BCUT2D eigenvalue weighted by Gasteiger charge is 2.12. The monoisotopic (exact) mass is 587 g/mol. The molecule has 0 saturated carbocycles. The lowest BCUT2D eigenvalue weighted by molar-refractivity contribution is -0.384. The van der Waals surface area contributed by atoms with Gasteiger partial charge in [-0.3, -0.25) is 15.5 Å². The molecule has 1 N–H and O–H groups in total. The van der Waals surface area contributed by atoms with Gasteiger partial charge in [0.25, 0.3) is 5.69 Å². The molecular weight excluding hydrogens is 570 g/mol. The Balaban J connectivity index is 1.71. The van der Waals surface area contributed by atoms with Crippen molar-refractivity contribution in [2.45, 2.75) is 20.1 Å². The first-order valence-corrected chi connectivity index (χ1v) is 11.4. The first-order valence-electron chi connectivity index (χ1n) is 9.86. The Bertz CT molecular complexity index is 1250. The molecule has 34 heavy (non-hydrogen) atoms. The van der Waals surface area contributed by atoms with Crippen molar-refractivity contribution in [3.8, 4) is 11.8 Å². The van der Waals surface area contributed by atoms with Gasteiger partial charge in [-0.1, -0.05) is 0 Å². The van der Waals surface area contributed by atoms with Gasteiger partial charge in [-0.15, -0.1) is 0 Å². The maximum atomic E-state index is 10.8. The Morgan fingerprint density at radius 1 is 1.21 bits per heavy atom. The molecule has 0 aliphatic heterocycles. The Labute approximate surface area is 212 Å². The number of rotatable bonds is 9. The van der Waals surface area contributed by atoms with Crippen molar-refractivity contribution in [3.05, 3.63) is 89.5 Å². The Morgan fingerprint density at radius 2 is 1.88 bits per heavy atom. The first kappa shape index (κ1) is 25.3. The minimum absolute atomic E-state index is 0.0287. The maximum absolute atomic E-state index is 10.8. The van der Waals surface area contributed by atoms with Crippen LogP contribution < -0.4 is 10.2 Å². The highest BCUT2D eigenvalue weighted by Crippen LogP contribution is 2.35. The molecule has 0 amide bonds. The number of aromatic nitrogens is 1. The molecule has 1 heterocycles. The summed E-state index contributed by atoms with van der Waals surface area (Å²) in [5, 5.41) is 24.5. The number of nitrogens with zero attached hydrogens (tertiary/aromatic N) is 4. The number of hydrogen-bond acceptors (Lipinski definition) is 8. The van der Waals surface area contributed by atoms with Crippen molar-refractivity contribution in [2.75, 3.05) is 12.5 Å². The topological polar surface area (TPSA) is 123 Å². The van der Waals surface area contributed by atoms with Crippen molar-refractivity contribution in [1.29, 1.82) is 5.26 Å². The van der Waals surface area contributed by atoms with Gasteiger partial charge in [0.15, 0.2) is 5.82 Å². The summed E-state index contributed by atoms with van der Waals surface area (Å²) < 4.78 is 12.4. The third-order valence-corrected chi connectivity index (χ3v) is 5.75. The number of nitro groups is 1. The van der Waals surface area contributed by atoms with Crippen molar-refractivity contribution >= 4 is 49.6 Å². The largest absolute Gasteiger partial charge is 0.487 e. The lowest BCUT2D eigenvalue weighted by atomic mass is 10.1. The normalized spacial score (nSPS) is 10.8. The number of non-ortho nitro benzene ring substituents is 1. The molecule has 0 atom stereocenters. The maximum Gasteiger partial charge on any atom is 0.269 e. The van der Waals surface area contributed by atoms with Crippen LogP contribution in [0.2, 0.25) is 0 Å². The van der Waals surface area contributed by atoms with Crippen molar-refractivity contribution < 1.29 is 14.4 Å². The molecule has 0 radical (unpaired) electrons. The standard InChI is InChI=1S/C23H19Br2N5O4/c1-14-7-17(13-33-2)19(10-26)23(28-14)29-27-11-16-8-20(24)22(21(25)9-16)34-12-15-3-5-18(6-4-15)30(31)32/h3-9,11H,12-13H2,1-2H3,(H,28,29). The zero-order valence-corrected chi connectivity index (χ0v) is 21.4. The highest BCUT2D eigenvalue weighted by molar-refractivity contribution is 9.11. The van der Waals surface area contributed by atoms with E-state index in [0.29, 0.717) is 32.7 Å². The zero-order chi connectivity index (χ0) is 24.7. The smallest absolute Gasteiger partial charge is 0.269 e. The summed E-state index contributed by atoms with van der Waals surface area (Å²) in [5.74, 6) is 0.937. The summed E-state index contributed by atoms with van der Waals surface area (Å²) in [4.78, 5) is 14.7. The average Bonchev–Trinajstić information content (AvgIpc) is 2.79. The number of methoxy groups -OCH3 is 1. The van der Waals surface area contributed by atoms with Crippen LogP contribution in [0.25, 0.3) is 0 Å². The molecule has 0 spiro atoms. The minimum atomic E-state index is -0.443. The van der Waals surface area contributed by atoms with Crippen molar-refractivity contribution in [2.24, 2.45) is 5.10 Å². The fraction of sp³-hybridized carbons (Fsp3) is 0.174. The molecule has 3 rings (SSSR count). The average molecular weight is 589 g/mol. The Morgan fingerprint density at radius 3 is 2.47 bits per heavy atom. The molecule has 11 heteroatoms. The predicted molar refractivity (Wildman–Crippen MR) is 135 cm³/mol. The van der Waals surface area contributed by atoms with E-state index in [1.807, 2.05) is 19.1 Å². The number of anilines is 1. The van der Waals surface area contributed by atoms with E-state index in [-0.39, 0.29) is 12.3 Å². The van der Waals surface area contributed by atoms with Gasteiger partial charge < -0.3 is 9.47 Å². The van der Waals surface area contributed by atoms with E-state index in [0.717, 1.165) is 22.4 Å². The van der Waals surface area contributed by atoms with Gasteiger partial charge in [-0.2, -0.15) is 10.4 Å². The van der Waals surface area contributed by atoms with E-state index in [1.54, 1.807) is 31.5 Å². The number of hydrogen-bond donors (Lipinski definition) is 1. The molecule has 0 unspecified atom stereocenters. The van der Waals surface area contributed by atoms with Crippen LogP contribution in [0.4, 0.5) is 11.5 Å². The number of nitrogens with one attached hydrogen (secondary N) is 1. The quantitative estimate of drug-likeness (QED) is 0.188. The molecule has 3 aromatic rings. The predicted octanol–water partition coefficient (Wildman–Crippen LogP) is 5.87. The molecule has 0 bridgehead atoms. The Hall–Kier alpha value is -3.33. The van der Waals surface area contributed by atoms with Gasteiger partial charge in [0.2, 0.25) is 0 Å². The van der Waals surface area contributed by atoms with Crippen LogP contribution in [0.5, 0.6) is 5.75 Å². The van der Waals surface area contributed by atoms with Crippen LogP contribution >= 0.6 is 31.9 Å².